The summed E-state index contributed by atoms with van der Waals surface area (Å²) in [5, 5.41) is 0.664. The maximum atomic E-state index is 6.09. The molecule has 84 valence electrons. The van der Waals surface area contributed by atoms with Crippen LogP contribution in [0.3, 0.4) is 0 Å². The lowest BCUT2D eigenvalue weighted by Gasteiger charge is -2.12. The summed E-state index contributed by atoms with van der Waals surface area (Å²) >= 11 is 6.09. The van der Waals surface area contributed by atoms with E-state index in [1.54, 1.807) is 7.11 Å². The third-order valence-electron chi connectivity index (χ3n) is 2.24. The molecule has 3 heteroatoms. The van der Waals surface area contributed by atoms with Crippen LogP contribution in [0.15, 0.2) is 18.2 Å². The van der Waals surface area contributed by atoms with Gasteiger partial charge >= 0.3 is 0 Å². The van der Waals surface area contributed by atoms with E-state index >= 15 is 0 Å². The quantitative estimate of drug-likeness (QED) is 0.768. The molecule has 0 saturated heterocycles. The molecule has 1 atom stereocenters. The molecule has 1 aromatic rings. The normalized spacial score (nSPS) is 12.5. The fourth-order valence-corrected chi connectivity index (χ4v) is 1.69. The number of hydrogen-bond donors (Lipinski definition) is 0. The number of benzene rings is 1. The number of methoxy groups -OCH3 is 1. The molecule has 1 rings (SSSR count). The van der Waals surface area contributed by atoms with Crippen LogP contribution in [0.4, 0.5) is 0 Å². The Kier molecular flexibility index (Phi) is 4.92. The van der Waals surface area contributed by atoms with Crippen molar-refractivity contribution in [2.45, 2.75) is 19.8 Å². The van der Waals surface area contributed by atoms with E-state index in [0.29, 0.717) is 24.2 Å². The second kappa shape index (κ2) is 5.99. The molecule has 0 saturated carbocycles. The fourth-order valence-electron chi connectivity index (χ4n) is 1.44. The van der Waals surface area contributed by atoms with Gasteiger partial charge in [-0.2, -0.15) is 0 Å². The lowest BCUT2D eigenvalue weighted by molar-refractivity contribution is 0.184. The first-order valence-electron chi connectivity index (χ1n) is 5.10. The van der Waals surface area contributed by atoms with Gasteiger partial charge < -0.3 is 9.47 Å². The average Bonchev–Trinajstić information content (AvgIpc) is 2.21. The van der Waals surface area contributed by atoms with Gasteiger partial charge in [-0.1, -0.05) is 24.6 Å². The standard InChI is InChI=1S/C12H17ClO2/c1-4-15-12-6-5-10(7-11(12)13)9(2)8-14-3/h5-7,9H,4,8H2,1-3H3. The van der Waals surface area contributed by atoms with Crippen molar-refractivity contribution >= 4 is 11.6 Å². The van der Waals surface area contributed by atoms with E-state index in [1.165, 1.54) is 5.56 Å². The molecule has 0 spiro atoms. The first kappa shape index (κ1) is 12.3. The molecule has 0 aromatic heterocycles. The van der Waals surface area contributed by atoms with E-state index in [0.717, 1.165) is 5.75 Å². The Hall–Kier alpha value is -0.730. The fraction of sp³-hybridized carbons (Fsp3) is 0.500. The molecule has 1 aromatic carbocycles. The third-order valence-corrected chi connectivity index (χ3v) is 2.54. The first-order chi connectivity index (χ1) is 7.19. The minimum Gasteiger partial charge on any atom is -0.492 e. The van der Waals surface area contributed by atoms with Gasteiger partial charge in [-0.25, -0.2) is 0 Å². The molecule has 0 aliphatic carbocycles. The Bertz CT molecular complexity index is 312. The zero-order chi connectivity index (χ0) is 11.3. The van der Waals surface area contributed by atoms with Crippen molar-refractivity contribution < 1.29 is 9.47 Å². The molecule has 2 nitrogen and oxygen atoms in total. The molecule has 0 aliphatic rings. The van der Waals surface area contributed by atoms with E-state index in [9.17, 15) is 0 Å². The maximum absolute atomic E-state index is 6.09. The summed E-state index contributed by atoms with van der Waals surface area (Å²) in [4.78, 5) is 0. The highest BCUT2D eigenvalue weighted by Gasteiger charge is 2.08. The monoisotopic (exact) mass is 228 g/mol. The summed E-state index contributed by atoms with van der Waals surface area (Å²) < 4.78 is 10.5. The van der Waals surface area contributed by atoms with Gasteiger partial charge in [0, 0.05) is 13.0 Å². The molecule has 0 N–H and O–H groups in total. The van der Waals surface area contributed by atoms with Crippen LogP contribution in [0.5, 0.6) is 5.75 Å². The SMILES string of the molecule is CCOc1ccc(C(C)COC)cc1Cl. The van der Waals surface area contributed by atoms with Gasteiger partial charge in [-0.15, -0.1) is 0 Å². The summed E-state index contributed by atoms with van der Waals surface area (Å²) in [5.74, 6) is 1.09. The predicted molar refractivity (Wildman–Crippen MR) is 62.9 cm³/mol. The molecule has 1 unspecified atom stereocenters. The van der Waals surface area contributed by atoms with Gasteiger partial charge in [0.25, 0.3) is 0 Å². The van der Waals surface area contributed by atoms with E-state index in [1.807, 2.05) is 25.1 Å². The largest absolute Gasteiger partial charge is 0.492 e. The molecular weight excluding hydrogens is 212 g/mol. The molecule has 0 bridgehead atoms. The van der Waals surface area contributed by atoms with Crippen molar-refractivity contribution in [3.63, 3.8) is 0 Å². The molecule has 0 heterocycles. The summed E-state index contributed by atoms with van der Waals surface area (Å²) in [5.41, 5.74) is 1.17. The highest BCUT2D eigenvalue weighted by Crippen LogP contribution is 2.28. The Morgan fingerprint density at radius 1 is 1.40 bits per heavy atom. The van der Waals surface area contributed by atoms with Crippen LogP contribution in [0, 0.1) is 0 Å². The van der Waals surface area contributed by atoms with Crippen molar-refractivity contribution in [3.05, 3.63) is 28.8 Å². The van der Waals surface area contributed by atoms with Crippen LogP contribution in [-0.4, -0.2) is 20.3 Å². The number of ether oxygens (including phenoxy) is 2. The molecule has 0 fully saturated rings. The van der Waals surface area contributed by atoms with E-state index < -0.39 is 0 Å². The third kappa shape index (κ3) is 3.40. The lowest BCUT2D eigenvalue weighted by atomic mass is 10.0. The van der Waals surface area contributed by atoms with E-state index in [2.05, 4.69) is 6.92 Å². The van der Waals surface area contributed by atoms with Crippen LogP contribution < -0.4 is 4.74 Å². The van der Waals surface area contributed by atoms with Crippen LogP contribution in [-0.2, 0) is 4.74 Å². The van der Waals surface area contributed by atoms with Crippen molar-refractivity contribution in [1.29, 1.82) is 0 Å². The Morgan fingerprint density at radius 3 is 2.67 bits per heavy atom. The summed E-state index contributed by atoms with van der Waals surface area (Å²) in [6, 6.07) is 5.88. The number of halogens is 1. The Balaban J connectivity index is 2.81. The van der Waals surface area contributed by atoms with Crippen LogP contribution in [0.25, 0.3) is 0 Å². The average molecular weight is 229 g/mol. The van der Waals surface area contributed by atoms with Gasteiger partial charge in [0.2, 0.25) is 0 Å². The highest BCUT2D eigenvalue weighted by molar-refractivity contribution is 6.32. The second-order valence-electron chi connectivity index (χ2n) is 3.48. The first-order valence-corrected chi connectivity index (χ1v) is 5.48. The molecule has 0 amide bonds. The highest BCUT2D eigenvalue weighted by atomic mass is 35.5. The topological polar surface area (TPSA) is 18.5 Å². The molecule has 15 heavy (non-hydrogen) atoms. The maximum Gasteiger partial charge on any atom is 0.137 e. The summed E-state index contributed by atoms with van der Waals surface area (Å²) in [6.07, 6.45) is 0. The van der Waals surface area contributed by atoms with E-state index in [4.69, 9.17) is 21.1 Å². The van der Waals surface area contributed by atoms with Crippen molar-refractivity contribution in [2.75, 3.05) is 20.3 Å². The molecule has 0 aliphatic heterocycles. The smallest absolute Gasteiger partial charge is 0.137 e. The number of hydrogen-bond acceptors (Lipinski definition) is 2. The van der Waals surface area contributed by atoms with Crippen molar-refractivity contribution in [2.24, 2.45) is 0 Å². The Morgan fingerprint density at radius 2 is 2.13 bits per heavy atom. The zero-order valence-electron chi connectivity index (χ0n) is 9.42. The van der Waals surface area contributed by atoms with Gasteiger partial charge in [0.15, 0.2) is 0 Å². The van der Waals surface area contributed by atoms with E-state index in [-0.39, 0.29) is 0 Å². The predicted octanol–water partition coefficient (Wildman–Crippen LogP) is 3.49. The van der Waals surface area contributed by atoms with Gasteiger partial charge in [0.1, 0.15) is 5.75 Å². The van der Waals surface area contributed by atoms with Crippen molar-refractivity contribution in [1.82, 2.24) is 0 Å². The Labute approximate surface area is 96.2 Å². The number of rotatable bonds is 5. The minimum absolute atomic E-state index is 0.350. The summed E-state index contributed by atoms with van der Waals surface area (Å²) in [7, 11) is 1.70. The van der Waals surface area contributed by atoms with Gasteiger partial charge in [-0.05, 0) is 24.6 Å². The van der Waals surface area contributed by atoms with Gasteiger partial charge in [-0.3, -0.25) is 0 Å². The second-order valence-corrected chi connectivity index (χ2v) is 3.89. The molecular formula is C12H17ClO2. The minimum atomic E-state index is 0.350. The summed E-state index contributed by atoms with van der Waals surface area (Å²) in [6.45, 7) is 5.38. The molecule has 0 radical (unpaired) electrons. The lowest BCUT2D eigenvalue weighted by Crippen LogP contribution is -2.02. The van der Waals surface area contributed by atoms with Crippen molar-refractivity contribution in [3.8, 4) is 5.75 Å². The van der Waals surface area contributed by atoms with Gasteiger partial charge in [0.05, 0.1) is 18.2 Å². The van der Waals surface area contributed by atoms with Crippen LogP contribution in [0.1, 0.15) is 25.3 Å². The van der Waals surface area contributed by atoms with Crippen LogP contribution >= 0.6 is 11.6 Å². The zero-order valence-corrected chi connectivity index (χ0v) is 10.2. The van der Waals surface area contributed by atoms with Crippen LogP contribution in [0.2, 0.25) is 5.02 Å².